The second kappa shape index (κ2) is 7.24. The Labute approximate surface area is 88.3 Å². The van der Waals surface area contributed by atoms with Crippen molar-refractivity contribution < 1.29 is 10.2 Å². The van der Waals surface area contributed by atoms with Crippen LogP contribution in [0.2, 0.25) is 0 Å². The molecule has 0 spiro atoms. The average molecular weight is 202 g/mol. The summed E-state index contributed by atoms with van der Waals surface area (Å²) >= 11 is 0. The third kappa shape index (κ3) is 8.52. The zero-order chi connectivity index (χ0) is 11.0. The predicted molar refractivity (Wildman–Crippen MR) is 60.2 cm³/mol. The third-order valence-corrected chi connectivity index (χ3v) is 2.58. The van der Waals surface area contributed by atoms with E-state index in [9.17, 15) is 0 Å². The van der Waals surface area contributed by atoms with Crippen LogP contribution in [-0.4, -0.2) is 23.4 Å². The first-order valence-corrected chi connectivity index (χ1v) is 5.71. The maximum atomic E-state index is 9.16. The highest BCUT2D eigenvalue weighted by atomic mass is 16.3. The lowest BCUT2D eigenvalue weighted by atomic mass is 9.85. The Bertz CT molecular complexity index is 127. The van der Waals surface area contributed by atoms with Crippen LogP contribution < -0.4 is 0 Å². The van der Waals surface area contributed by atoms with Crippen molar-refractivity contribution in [1.29, 1.82) is 0 Å². The van der Waals surface area contributed by atoms with E-state index < -0.39 is 0 Å². The molecule has 0 heterocycles. The number of aliphatic hydroxyl groups is 2. The van der Waals surface area contributed by atoms with E-state index in [4.69, 9.17) is 10.2 Å². The molecule has 2 N–H and O–H groups in total. The molecule has 0 bridgehead atoms. The van der Waals surface area contributed by atoms with Crippen molar-refractivity contribution in [2.75, 3.05) is 13.2 Å². The van der Waals surface area contributed by atoms with E-state index in [0.717, 1.165) is 32.1 Å². The molecule has 0 radical (unpaired) electrons. The maximum Gasteiger partial charge on any atom is 0.0459 e. The van der Waals surface area contributed by atoms with E-state index in [2.05, 4.69) is 20.8 Å². The normalized spacial score (nSPS) is 14.4. The first-order valence-electron chi connectivity index (χ1n) is 5.71. The van der Waals surface area contributed by atoms with Crippen molar-refractivity contribution in [2.45, 2.75) is 52.9 Å². The van der Waals surface area contributed by atoms with Crippen molar-refractivity contribution in [1.82, 2.24) is 0 Å². The van der Waals surface area contributed by atoms with Crippen LogP contribution in [-0.2, 0) is 0 Å². The van der Waals surface area contributed by atoms with Gasteiger partial charge >= 0.3 is 0 Å². The minimum Gasteiger partial charge on any atom is -0.396 e. The molecule has 0 fully saturated rings. The molecule has 2 heteroatoms. The highest BCUT2D eigenvalue weighted by Gasteiger charge is 2.14. The van der Waals surface area contributed by atoms with Gasteiger partial charge in [-0.1, -0.05) is 27.2 Å². The molecular weight excluding hydrogens is 176 g/mol. The summed E-state index contributed by atoms with van der Waals surface area (Å²) < 4.78 is 0. The molecule has 0 aliphatic rings. The summed E-state index contributed by atoms with van der Waals surface area (Å²) in [4.78, 5) is 0. The summed E-state index contributed by atoms with van der Waals surface area (Å²) in [5.74, 6) is 0.431. The van der Waals surface area contributed by atoms with Crippen LogP contribution in [0.5, 0.6) is 0 Å². The number of hydrogen-bond acceptors (Lipinski definition) is 2. The lowest BCUT2D eigenvalue weighted by Crippen LogP contribution is -2.12. The Morgan fingerprint density at radius 2 is 1.64 bits per heavy atom. The second-order valence-corrected chi connectivity index (χ2v) is 5.37. The molecule has 0 unspecified atom stereocenters. The zero-order valence-electron chi connectivity index (χ0n) is 9.92. The fourth-order valence-electron chi connectivity index (χ4n) is 1.51. The number of rotatable bonds is 7. The summed E-state index contributed by atoms with van der Waals surface area (Å²) in [7, 11) is 0. The van der Waals surface area contributed by atoms with Crippen molar-refractivity contribution in [3.8, 4) is 0 Å². The molecule has 1 atom stereocenters. The third-order valence-electron chi connectivity index (χ3n) is 2.58. The average Bonchev–Trinajstić information content (AvgIpc) is 2.09. The first kappa shape index (κ1) is 13.9. The lowest BCUT2D eigenvalue weighted by Gasteiger charge is -2.21. The Hall–Kier alpha value is -0.0800. The van der Waals surface area contributed by atoms with Crippen LogP contribution in [0.3, 0.4) is 0 Å². The van der Waals surface area contributed by atoms with Gasteiger partial charge in [0, 0.05) is 13.2 Å². The van der Waals surface area contributed by atoms with E-state index in [0.29, 0.717) is 17.9 Å². The Morgan fingerprint density at radius 3 is 2.07 bits per heavy atom. The fourth-order valence-corrected chi connectivity index (χ4v) is 1.51. The molecule has 0 saturated carbocycles. The van der Waals surface area contributed by atoms with Gasteiger partial charge in [0.15, 0.2) is 0 Å². The number of hydrogen-bond donors (Lipinski definition) is 2. The minimum absolute atomic E-state index is 0.275. The van der Waals surface area contributed by atoms with E-state index in [1.807, 2.05) is 0 Å². The van der Waals surface area contributed by atoms with Crippen molar-refractivity contribution in [3.05, 3.63) is 0 Å². The standard InChI is InChI=1S/C12H26O2/c1-12(2,3)8-7-11(10-14)6-4-5-9-13/h11,13-14H,4-10H2,1-3H3/t11-/m1/s1. The molecule has 0 aromatic rings. The van der Waals surface area contributed by atoms with Gasteiger partial charge in [0.1, 0.15) is 0 Å². The van der Waals surface area contributed by atoms with Crippen LogP contribution in [0.15, 0.2) is 0 Å². The van der Waals surface area contributed by atoms with Gasteiger partial charge < -0.3 is 10.2 Å². The molecule has 0 rings (SSSR count). The van der Waals surface area contributed by atoms with Gasteiger partial charge in [-0.15, -0.1) is 0 Å². The molecule has 0 saturated heterocycles. The molecule has 86 valence electrons. The van der Waals surface area contributed by atoms with Crippen LogP contribution in [0.25, 0.3) is 0 Å². The predicted octanol–water partition coefficient (Wildman–Crippen LogP) is 2.58. The largest absolute Gasteiger partial charge is 0.396 e. The Balaban J connectivity index is 3.58. The Kier molecular flexibility index (Phi) is 7.20. The monoisotopic (exact) mass is 202 g/mol. The van der Waals surface area contributed by atoms with E-state index in [-0.39, 0.29) is 6.61 Å². The summed E-state index contributed by atoms with van der Waals surface area (Å²) in [5.41, 5.74) is 0.365. The van der Waals surface area contributed by atoms with Gasteiger partial charge in [-0.3, -0.25) is 0 Å². The second-order valence-electron chi connectivity index (χ2n) is 5.37. The molecule has 0 aliphatic heterocycles. The molecule has 14 heavy (non-hydrogen) atoms. The molecule has 0 aromatic carbocycles. The Morgan fingerprint density at radius 1 is 1.00 bits per heavy atom. The fraction of sp³-hybridized carbons (Fsp3) is 1.00. The van der Waals surface area contributed by atoms with Gasteiger partial charge in [0.2, 0.25) is 0 Å². The zero-order valence-corrected chi connectivity index (χ0v) is 9.92. The lowest BCUT2D eigenvalue weighted by molar-refractivity contribution is 0.186. The minimum atomic E-state index is 0.275. The van der Waals surface area contributed by atoms with E-state index in [1.165, 1.54) is 0 Å². The number of unbranched alkanes of at least 4 members (excludes halogenated alkanes) is 1. The van der Waals surface area contributed by atoms with Crippen LogP contribution in [0.4, 0.5) is 0 Å². The van der Waals surface area contributed by atoms with Crippen LogP contribution in [0, 0.1) is 11.3 Å². The highest BCUT2D eigenvalue weighted by molar-refractivity contribution is 4.66. The quantitative estimate of drug-likeness (QED) is 0.623. The van der Waals surface area contributed by atoms with Crippen molar-refractivity contribution in [3.63, 3.8) is 0 Å². The first-order chi connectivity index (χ1) is 6.49. The molecule has 0 amide bonds. The van der Waals surface area contributed by atoms with Gasteiger partial charge in [0.25, 0.3) is 0 Å². The van der Waals surface area contributed by atoms with Gasteiger partial charge in [-0.25, -0.2) is 0 Å². The van der Waals surface area contributed by atoms with E-state index >= 15 is 0 Å². The van der Waals surface area contributed by atoms with Gasteiger partial charge in [0.05, 0.1) is 0 Å². The summed E-state index contributed by atoms with van der Waals surface area (Å²) in [5, 5.41) is 17.8. The van der Waals surface area contributed by atoms with Crippen LogP contribution >= 0.6 is 0 Å². The maximum absolute atomic E-state index is 9.16. The van der Waals surface area contributed by atoms with Gasteiger partial charge in [-0.2, -0.15) is 0 Å². The molecule has 0 aromatic heterocycles. The summed E-state index contributed by atoms with van der Waals surface area (Å²) in [6.07, 6.45) is 5.22. The van der Waals surface area contributed by atoms with Crippen molar-refractivity contribution >= 4 is 0 Å². The summed E-state index contributed by atoms with van der Waals surface area (Å²) in [6, 6.07) is 0. The van der Waals surface area contributed by atoms with Crippen molar-refractivity contribution in [2.24, 2.45) is 11.3 Å². The topological polar surface area (TPSA) is 40.5 Å². The van der Waals surface area contributed by atoms with Gasteiger partial charge in [-0.05, 0) is 37.0 Å². The molecule has 2 nitrogen and oxygen atoms in total. The SMILES string of the molecule is CC(C)(C)CC[C@H](CO)CCCCO. The molecule has 0 aliphatic carbocycles. The number of aliphatic hydroxyl groups excluding tert-OH is 2. The van der Waals surface area contributed by atoms with Crippen LogP contribution in [0.1, 0.15) is 52.9 Å². The molecular formula is C12H26O2. The smallest absolute Gasteiger partial charge is 0.0459 e. The van der Waals surface area contributed by atoms with E-state index in [1.54, 1.807) is 0 Å². The summed E-state index contributed by atoms with van der Waals surface area (Å²) in [6.45, 7) is 7.26. The highest BCUT2D eigenvalue weighted by Crippen LogP contribution is 2.25.